The van der Waals surface area contributed by atoms with Gasteiger partial charge in [0.05, 0.1) is 23.9 Å². The molecule has 0 aromatic carbocycles. The Balaban J connectivity index is 4.02. The number of nitrogens with one attached hydrogen (secondary N) is 1. The van der Waals surface area contributed by atoms with Gasteiger partial charge in [-0.2, -0.15) is 0 Å². The van der Waals surface area contributed by atoms with Gasteiger partial charge in [-0.15, -0.1) is 0 Å². The summed E-state index contributed by atoms with van der Waals surface area (Å²) >= 11 is 0. The minimum absolute atomic E-state index is 0.0971. The molecule has 2 N–H and O–H groups in total. The van der Waals surface area contributed by atoms with Gasteiger partial charge in [-0.25, -0.2) is 8.42 Å². The maximum absolute atomic E-state index is 11.4. The smallest absolute Gasteiger partial charge is 0.308 e. The van der Waals surface area contributed by atoms with Crippen LogP contribution in [0.2, 0.25) is 0 Å². The minimum Gasteiger partial charge on any atom is -0.466 e. The molecule has 0 saturated heterocycles. The summed E-state index contributed by atoms with van der Waals surface area (Å²) in [5, 5.41) is 12.4. The molecule has 0 rings (SSSR count). The molecule has 108 valence electrons. The Labute approximate surface area is 109 Å². The van der Waals surface area contributed by atoms with Crippen LogP contribution < -0.4 is 5.32 Å². The van der Waals surface area contributed by atoms with E-state index in [2.05, 4.69) is 5.32 Å². The monoisotopic (exact) mass is 281 g/mol. The molecule has 1 unspecified atom stereocenters. The van der Waals surface area contributed by atoms with Gasteiger partial charge in [0.25, 0.3) is 0 Å². The van der Waals surface area contributed by atoms with Crippen molar-refractivity contribution in [1.82, 2.24) is 5.32 Å². The summed E-state index contributed by atoms with van der Waals surface area (Å²) in [5.41, 5.74) is 0. The normalized spacial score (nSPS) is 14.3. The summed E-state index contributed by atoms with van der Waals surface area (Å²) in [6.45, 7) is 5.54. The van der Waals surface area contributed by atoms with Crippen molar-refractivity contribution in [3.63, 3.8) is 0 Å². The van der Waals surface area contributed by atoms with Crippen LogP contribution >= 0.6 is 0 Å². The molecule has 0 bridgehead atoms. The molecule has 6 nitrogen and oxygen atoms in total. The molecule has 0 saturated carbocycles. The number of ether oxygens (including phenoxy) is 1. The molecule has 0 aliphatic heterocycles. The van der Waals surface area contributed by atoms with Crippen molar-refractivity contribution in [3.8, 4) is 0 Å². The van der Waals surface area contributed by atoms with Crippen LogP contribution in [0.3, 0.4) is 0 Å². The van der Waals surface area contributed by atoms with Crippen molar-refractivity contribution in [2.75, 3.05) is 26.0 Å². The fraction of sp³-hybridized carbons (Fsp3) is 0.909. The average molecular weight is 281 g/mol. The van der Waals surface area contributed by atoms with Crippen molar-refractivity contribution < 1.29 is 23.1 Å². The molecule has 0 aromatic heterocycles. The average Bonchev–Trinajstić information content (AvgIpc) is 2.15. The van der Waals surface area contributed by atoms with Gasteiger partial charge in [0.2, 0.25) is 0 Å². The van der Waals surface area contributed by atoms with E-state index >= 15 is 0 Å². The summed E-state index contributed by atoms with van der Waals surface area (Å²) < 4.78 is 26.6. The van der Waals surface area contributed by atoms with E-state index in [-0.39, 0.29) is 26.1 Å². The highest BCUT2D eigenvalue weighted by Crippen LogP contribution is 2.13. The van der Waals surface area contributed by atoms with Gasteiger partial charge in [0.15, 0.2) is 9.84 Å². The van der Waals surface area contributed by atoms with Crippen molar-refractivity contribution in [2.45, 2.75) is 38.0 Å². The number of hydrogen-bond donors (Lipinski definition) is 2. The fourth-order valence-corrected chi connectivity index (χ4v) is 1.52. The highest BCUT2D eigenvalue weighted by atomic mass is 32.2. The molecule has 7 heteroatoms. The van der Waals surface area contributed by atoms with Crippen molar-refractivity contribution in [2.24, 2.45) is 0 Å². The molecule has 0 aromatic rings. The molecule has 0 aliphatic rings. The third-order valence-electron chi connectivity index (χ3n) is 2.64. The summed E-state index contributed by atoms with van der Waals surface area (Å²) in [6, 6.07) is 0. The third kappa shape index (κ3) is 6.32. The second-order valence-corrected chi connectivity index (χ2v) is 7.48. The largest absolute Gasteiger partial charge is 0.466 e. The maximum Gasteiger partial charge on any atom is 0.308 e. The number of rotatable bonds is 8. The standard InChI is InChI=1S/C11H23NO5S/c1-5-17-10(14)6-9(13)7-12-8-11(2,3)18(4,15)16/h9,12-13H,5-8H2,1-4H3. The summed E-state index contributed by atoms with van der Waals surface area (Å²) in [4.78, 5) is 11.1. The number of carbonyl (C=O) groups excluding carboxylic acids is 1. The van der Waals surface area contributed by atoms with E-state index in [0.717, 1.165) is 0 Å². The van der Waals surface area contributed by atoms with Gasteiger partial charge in [-0.1, -0.05) is 0 Å². The highest BCUT2D eigenvalue weighted by molar-refractivity contribution is 7.92. The Morgan fingerprint density at radius 3 is 2.44 bits per heavy atom. The molecule has 0 heterocycles. The SMILES string of the molecule is CCOC(=O)CC(O)CNCC(C)(C)S(C)(=O)=O. The van der Waals surface area contributed by atoms with Gasteiger partial charge >= 0.3 is 5.97 Å². The highest BCUT2D eigenvalue weighted by Gasteiger charge is 2.29. The Bertz CT molecular complexity index is 364. The van der Waals surface area contributed by atoms with Crippen molar-refractivity contribution in [1.29, 1.82) is 0 Å². The zero-order valence-corrected chi connectivity index (χ0v) is 12.2. The first-order valence-electron chi connectivity index (χ1n) is 5.84. The van der Waals surface area contributed by atoms with Crippen LogP contribution in [0, 0.1) is 0 Å². The summed E-state index contributed by atoms with van der Waals surface area (Å²) in [7, 11) is -3.17. The van der Waals surface area contributed by atoms with Crippen LogP contribution in [-0.4, -0.2) is 56.3 Å². The van der Waals surface area contributed by atoms with E-state index in [4.69, 9.17) is 4.74 Å². The predicted octanol–water partition coefficient (Wildman–Crippen LogP) is -0.287. The lowest BCUT2D eigenvalue weighted by atomic mass is 10.2. The lowest BCUT2D eigenvalue weighted by Crippen LogP contribution is -2.44. The Morgan fingerprint density at radius 2 is 2.00 bits per heavy atom. The van der Waals surface area contributed by atoms with Gasteiger partial charge in [-0.05, 0) is 20.8 Å². The van der Waals surface area contributed by atoms with Gasteiger partial charge in [0, 0.05) is 19.3 Å². The van der Waals surface area contributed by atoms with Crippen LogP contribution in [0.1, 0.15) is 27.2 Å². The molecule has 0 fully saturated rings. The first-order chi connectivity index (χ1) is 8.10. The summed E-state index contributed by atoms with van der Waals surface area (Å²) in [5.74, 6) is -0.464. The molecule has 0 radical (unpaired) electrons. The number of sulfone groups is 1. The second kappa shape index (κ2) is 7.06. The van der Waals surface area contributed by atoms with Gasteiger partial charge in [0.1, 0.15) is 0 Å². The topological polar surface area (TPSA) is 92.7 Å². The van der Waals surface area contributed by atoms with E-state index in [0.29, 0.717) is 0 Å². The van der Waals surface area contributed by atoms with Crippen LogP contribution in [0.15, 0.2) is 0 Å². The van der Waals surface area contributed by atoms with Crippen LogP contribution in [0.4, 0.5) is 0 Å². The minimum atomic E-state index is -3.17. The molecule has 18 heavy (non-hydrogen) atoms. The fourth-order valence-electron chi connectivity index (χ4n) is 1.16. The zero-order valence-electron chi connectivity index (χ0n) is 11.4. The Hall–Kier alpha value is -0.660. The lowest BCUT2D eigenvalue weighted by Gasteiger charge is -2.23. The number of hydrogen-bond acceptors (Lipinski definition) is 6. The van der Waals surface area contributed by atoms with Crippen molar-refractivity contribution in [3.05, 3.63) is 0 Å². The Kier molecular flexibility index (Phi) is 6.80. The van der Waals surface area contributed by atoms with E-state index in [1.165, 1.54) is 6.26 Å². The first-order valence-corrected chi connectivity index (χ1v) is 7.73. The van der Waals surface area contributed by atoms with Crippen LogP contribution in [0.25, 0.3) is 0 Å². The number of carbonyl (C=O) groups is 1. The van der Waals surface area contributed by atoms with E-state index < -0.39 is 26.7 Å². The van der Waals surface area contributed by atoms with E-state index in [1.54, 1.807) is 20.8 Å². The van der Waals surface area contributed by atoms with Gasteiger partial charge < -0.3 is 15.2 Å². The number of aliphatic hydroxyl groups excluding tert-OH is 1. The van der Waals surface area contributed by atoms with Crippen molar-refractivity contribution >= 4 is 15.8 Å². The quantitative estimate of drug-likeness (QED) is 0.594. The summed E-state index contributed by atoms with van der Waals surface area (Å²) in [6.07, 6.45) is 0.198. The van der Waals surface area contributed by atoms with E-state index in [1.807, 2.05) is 0 Å². The molecular weight excluding hydrogens is 258 g/mol. The molecule has 0 amide bonds. The molecule has 0 aliphatic carbocycles. The zero-order chi connectivity index (χ0) is 14.4. The lowest BCUT2D eigenvalue weighted by molar-refractivity contribution is -0.145. The molecular formula is C11H23NO5S. The second-order valence-electron chi connectivity index (χ2n) is 4.83. The first kappa shape index (κ1) is 17.3. The molecule has 1 atom stereocenters. The Morgan fingerprint density at radius 1 is 1.44 bits per heavy atom. The van der Waals surface area contributed by atoms with Crippen LogP contribution in [0.5, 0.6) is 0 Å². The number of esters is 1. The van der Waals surface area contributed by atoms with Gasteiger partial charge in [-0.3, -0.25) is 4.79 Å². The number of aliphatic hydroxyl groups is 1. The van der Waals surface area contributed by atoms with Crippen LogP contribution in [-0.2, 0) is 19.4 Å². The molecule has 0 spiro atoms. The predicted molar refractivity (Wildman–Crippen MR) is 69.0 cm³/mol. The van der Waals surface area contributed by atoms with E-state index in [9.17, 15) is 18.3 Å². The maximum atomic E-state index is 11.4. The third-order valence-corrected chi connectivity index (χ3v) is 4.79.